The van der Waals surface area contributed by atoms with Crippen LogP contribution in [-0.2, 0) is 12.8 Å². The first-order chi connectivity index (χ1) is 8.04. The summed E-state index contributed by atoms with van der Waals surface area (Å²) < 4.78 is 76.3. The average Bonchev–Trinajstić information content (AvgIpc) is 2.12. The molecule has 0 saturated heterocycles. The molecule has 0 unspecified atom stereocenters. The Balaban J connectivity index is 3.31. The predicted octanol–water partition coefficient (Wildman–Crippen LogP) is 3.10. The Morgan fingerprint density at radius 1 is 1.22 bits per heavy atom. The normalized spacial score (nSPS) is 12.7. The lowest BCUT2D eigenvalue weighted by atomic mass is 10.2. The van der Waals surface area contributed by atoms with Crippen LogP contribution in [0.15, 0.2) is 6.07 Å². The Hall–Kier alpha value is -0.780. The predicted molar refractivity (Wildman–Crippen MR) is 54.6 cm³/mol. The molecule has 3 nitrogen and oxygen atoms in total. The number of hydrogen-bond acceptors (Lipinski definition) is 3. The molecule has 1 N–H and O–H groups in total. The molecule has 0 saturated carbocycles. The number of aliphatic hydroxyl groups excluding tert-OH is 1. The van der Waals surface area contributed by atoms with E-state index in [2.05, 4.69) is 9.72 Å². The molecule has 0 fully saturated rings. The van der Waals surface area contributed by atoms with Crippen LogP contribution < -0.4 is 4.74 Å². The number of halogens is 7. The maximum atomic E-state index is 12.5. The number of pyridine rings is 1. The monoisotopic (exact) mass is 387 g/mol. The zero-order chi connectivity index (χ0) is 14.1. The lowest BCUT2D eigenvalue weighted by molar-refractivity contribution is -0.276. The van der Waals surface area contributed by atoms with Crippen LogP contribution in [0.25, 0.3) is 0 Å². The largest absolute Gasteiger partial charge is 0.574 e. The minimum atomic E-state index is -5.14. The van der Waals surface area contributed by atoms with E-state index in [-0.39, 0.29) is 3.57 Å². The molecule has 0 aromatic carbocycles. The molecule has 0 aliphatic rings. The van der Waals surface area contributed by atoms with Crippen LogP contribution in [0.5, 0.6) is 5.88 Å². The van der Waals surface area contributed by atoms with Gasteiger partial charge in [-0.25, -0.2) is 4.98 Å². The van der Waals surface area contributed by atoms with Crippen LogP contribution in [0.4, 0.5) is 26.3 Å². The molecule has 1 aromatic heterocycles. The standard InChI is InChI=1S/C8H4F6INO2/c9-7(10,11)6-3(2-17)4(15)1-5(16-6)18-8(12,13)14/h1,17H,2H2. The van der Waals surface area contributed by atoms with Gasteiger partial charge in [-0.1, -0.05) is 0 Å². The van der Waals surface area contributed by atoms with Gasteiger partial charge in [-0.05, 0) is 22.6 Å². The van der Waals surface area contributed by atoms with Gasteiger partial charge in [-0.3, -0.25) is 0 Å². The summed E-state index contributed by atoms with van der Waals surface area (Å²) in [5.74, 6) is -1.23. The lowest BCUT2D eigenvalue weighted by Crippen LogP contribution is -2.20. The first-order valence-electron chi connectivity index (χ1n) is 4.18. The van der Waals surface area contributed by atoms with Gasteiger partial charge in [-0.2, -0.15) is 13.2 Å². The van der Waals surface area contributed by atoms with Crippen molar-refractivity contribution in [1.82, 2.24) is 4.98 Å². The first kappa shape index (κ1) is 15.3. The second kappa shape index (κ2) is 5.07. The van der Waals surface area contributed by atoms with E-state index in [1.54, 1.807) is 0 Å². The summed E-state index contributed by atoms with van der Waals surface area (Å²) in [7, 11) is 0. The Kier molecular flexibility index (Phi) is 4.30. The van der Waals surface area contributed by atoms with Crippen molar-refractivity contribution in [2.24, 2.45) is 0 Å². The summed E-state index contributed by atoms with van der Waals surface area (Å²) in [6.45, 7) is -0.994. The number of rotatable bonds is 2. The minimum Gasteiger partial charge on any atom is -0.392 e. The van der Waals surface area contributed by atoms with Crippen LogP contribution in [-0.4, -0.2) is 16.5 Å². The smallest absolute Gasteiger partial charge is 0.392 e. The highest BCUT2D eigenvalue weighted by Crippen LogP contribution is 2.35. The Labute approximate surface area is 110 Å². The zero-order valence-corrected chi connectivity index (χ0v) is 10.4. The third-order valence-corrected chi connectivity index (χ3v) is 2.66. The number of aliphatic hydroxyl groups is 1. The summed E-state index contributed by atoms with van der Waals surface area (Å²) in [4.78, 5) is 2.73. The van der Waals surface area contributed by atoms with Gasteiger partial charge in [0.25, 0.3) is 0 Å². The van der Waals surface area contributed by atoms with Crippen molar-refractivity contribution in [1.29, 1.82) is 0 Å². The average molecular weight is 387 g/mol. The Morgan fingerprint density at radius 2 is 1.78 bits per heavy atom. The molecule has 0 amide bonds. The van der Waals surface area contributed by atoms with Crippen LogP contribution in [0.2, 0.25) is 0 Å². The lowest BCUT2D eigenvalue weighted by Gasteiger charge is -2.15. The van der Waals surface area contributed by atoms with E-state index in [4.69, 9.17) is 5.11 Å². The summed E-state index contributed by atoms with van der Waals surface area (Å²) >= 11 is 1.36. The highest BCUT2D eigenvalue weighted by atomic mass is 127. The fourth-order valence-corrected chi connectivity index (χ4v) is 1.77. The van der Waals surface area contributed by atoms with E-state index >= 15 is 0 Å². The van der Waals surface area contributed by atoms with E-state index in [0.29, 0.717) is 6.07 Å². The molecule has 1 aromatic rings. The quantitative estimate of drug-likeness (QED) is 0.627. The maximum absolute atomic E-state index is 12.5. The maximum Gasteiger partial charge on any atom is 0.574 e. The molecule has 0 spiro atoms. The number of hydrogen-bond donors (Lipinski definition) is 1. The van der Waals surface area contributed by atoms with Gasteiger partial charge in [0.1, 0.15) is 0 Å². The molecule has 10 heteroatoms. The topological polar surface area (TPSA) is 42.4 Å². The third-order valence-electron chi connectivity index (χ3n) is 1.69. The van der Waals surface area contributed by atoms with E-state index in [1.807, 2.05) is 0 Å². The van der Waals surface area contributed by atoms with Crippen molar-refractivity contribution in [3.05, 3.63) is 20.9 Å². The molecule has 0 aliphatic carbocycles. The van der Waals surface area contributed by atoms with Gasteiger partial charge in [0.15, 0.2) is 5.69 Å². The highest BCUT2D eigenvalue weighted by Gasteiger charge is 2.38. The van der Waals surface area contributed by atoms with Crippen molar-refractivity contribution in [2.45, 2.75) is 19.1 Å². The van der Waals surface area contributed by atoms with Crippen LogP contribution in [0.3, 0.4) is 0 Å². The van der Waals surface area contributed by atoms with E-state index in [0.717, 1.165) is 0 Å². The summed E-state index contributed by atoms with van der Waals surface area (Å²) in [6.07, 6.45) is -10.1. The van der Waals surface area contributed by atoms with E-state index < -0.39 is 36.3 Å². The number of nitrogens with zero attached hydrogens (tertiary/aromatic N) is 1. The molecule has 18 heavy (non-hydrogen) atoms. The van der Waals surface area contributed by atoms with Gasteiger partial charge in [0.2, 0.25) is 5.88 Å². The Bertz CT molecular complexity index is 444. The summed E-state index contributed by atoms with van der Waals surface area (Å²) in [6, 6.07) is 0.662. The van der Waals surface area contributed by atoms with Crippen molar-refractivity contribution in [3.8, 4) is 5.88 Å². The molecule has 0 atom stereocenters. The fourth-order valence-electron chi connectivity index (χ4n) is 1.07. The van der Waals surface area contributed by atoms with Gasteiger partial charge in [0, 0.05) is 15.2 Å². The van der Waals surface area contributed by atoms with Crippen molar-refractivity contribution < 1.29 is 36.2 Å². The van der Waals surface area contributed by atoms with Gasteiger partial charge >= 0.3 is 12.5 Å². The van der Waals surface area contributed by atoms with E-state index in [9.17, 15) is 26.3 Å². The van der Waals surface area contributed by atoms with Crippen molar-refractivity contribution >= 4 is 22.6 Å². The molecule has 0 aliphatic heterocycles. The third kappa shape index (κ3) is 3.86. The number of aromatic nitrogens is 1. The molecule has 0 bridgehead atoms. The van der Waals surface area contributed by atoms with Gasteiger partial charge < -0.3 is 9.84 Å². The van der Waals surface area contributed by atoms with Gasteiger partial charge in [-0.15, -0.1) is 13.2 Å². The SMILES string of the molecule is OCc1c(I)cc(OC(F)(F)F)nc1C(F)(F)F. The van der Waals surface area contributed by atoms with Crippen LogP contribution in [0.1, 0.15) is 11.3 Å². The highest BCUT2D eigenvalue weighted by molar-refractivity contribution is 14.1. The van der Waals surface area contributed by atoms with E-state index in [1.165, 1.54) is 22.6 Å². The molecule has 1 heterocycles. The fraction of sp³-hybridized carbons (Fsp3) is 0.375. The van der Waals surface area contributed by atoms with Crippen molar-refractivity contribution in [2.75, 3.05) is 0 Å². The van der Waals surface area contributed by atoms with Gasteiger partial charge in [0.05, 0.1) is 6.61 Å². The zero-order valence-electron chi connectivity index (χ0n) is 8.23. The molecule has 102 valence electrons. The minimum absolute atomic E-state index is 0.225. The molecular formula is C8H4F6INO2. The second-order valence-electron chi connectivity index (χ2n) is 2.97. The molecule has 1 rings (SSSR count). The second-order valence-corrected chi connectivity index (χ2v) is 4.14. The van der Waals surface area contributed by atoms with Crippen LogP contribution >= 0.6 is 22.6 Å². The number of ether oxygens (including phenoxy) is 1. The molecule has 0 radical (unpaired) electrons. The van der Waals surface area contributed by atoms with Crippen LogP contribution in [0, 0.1) is 3.57 Å². The summed E-state index contributed by atoms with van der Waals surface area (Å²) in [5.41, 5.74) is -2.20. The van der Waals surface area contributed by atoms with Crippen molar-refractivity contribution in [3.63, 3.8) is 0 Å². The Morgan fingerprint density at radius 3 is 2.17 bits per heavy atom. The first-order valence-corrected chi connectivity index (χ1v) is 5.25. The molecular weight excluding hydrogens is 383 g/mol. The summed E-state index contributed by atoms with van der Waals surface area (Å²) in [5, 5.41) is 8.78. The number of alkyl halides is 6.